The SMILES string of the molecule is CCOC(=O)C1=C(N(C)Cc2ccccc2)Sc2ccccc2C=N1. The van der Waals surface area contributed by atoms with E-state index < -0.39 is 5.97 Å². The Kier molecular flexibility index (Phi) is 5.56. The molecule has 128 valence electrons. The quantitative estimate of drug-likeness (QED) is 0.761. The Bertz CT molecular complexity index is 815. The van der Waals surface area contributed by atoms with E-state index >= 15 is 0 Å². The van der Waals surface area contributed by atoms with Crippen LogP contribution in [0.3, 0.4) is 0 Å². The molecule has 25 heavy (non-hydrogen) atoms. The van der Waals surface area contributed by atoms with Crippen molar-refractivity contribution in [2.24, 2.45) is 4.99 Å². The van der Waals surface area contributed by atoms with Crippen LogP contribution in [0, 0.1) is 0 Å². The molecule has 0 aliphatic carbocycles. The Morgan fingerprint density at radius 3 is 2.60 bits per heavy atom. The van der Waals surface area contributed by atoms with E-state index in [9.17, 15) is 4.79 Å². The highest BCUT2D eigenvalue weighted by atomic mass is 32.2. The maximum Gasteiger partial charge on any atom is 0.359 e. The number of rotatable bonds is 5. The average Bonchev–Trinajstić information content (AvgIpc) is 2.82. The van der Waals surface area contributed by atoms with Crippen molar-refractivity contribution in [2.75, 3.05) is 13.7 Å². The molecule has 0 fully saturated rings. The van der Waals surface area contributed by atoms with Crippen molar-refractivity contribution in [2.45, 2.75) is 18.4 Å². The molecule has 0 radical (unpaired) electrons. The lowest BCUT2D eigenvalue weighted by Gasteiger charge is -2.23. The molecule has 0 aromatic heterocycles. The zero-order valence-corrected chi connectivity index (χ0v) is 15.1. The number of aliphatic imine (C=N–C) groups is 1. The molecule has 3 rings (SSSR count). The minimum Gasteiger partial charge on any atom is -0.461 e. The van der Waals surface area contributed by atoms with Gasteiger partial charge in [0.25, 0.3) is 0 Å². The second-order valence-corrected chi connectivity index (χ2v) is 6.64. The number of carbonyl (C=O) groups excluding carboxylic acids is 1. The van der Waals surface area contributed by atoms with E-state index in [1.54, 1.807) is 24.9 Å². The largest absolute Gasteiger partial charge is 0.461 e. The van der Waals surface area contributed by atoms with Gasteiger partial charge in [-0.1, -0.05) is 60.3 Å². The van der Waals surface area contributed by atoms with Gasteiger partial charge in [0.1, 0.15) is 5.03 Å². The van der Waals surface area contributed by atoms with Gasteiger partial charge in [-0.3, -0.25) is 0 Å². The molecule has 1 aliphatic heterocycles. The van der Waals surface area contributed by atoms with Gasteiger partial charge in [-0.05, 0) is 18.6 Å². The monoisotopic (exact) mass is 352 g/mol. The molecule has 2 aromatic carbocycles. The van der Waals surface area contributed by atoms with Gasteiger partial charge in [0.05, 0.1) is 6.61 Å². The first-order valence-electron chi connectivity index (χ1n) is 8.16. The molecule has 4 nitrogen and oxygen atoms in total. The average molecular weight is 352 g/mol. The van der Waals surface area contributed by atoms with E-state index in [1.807, 2.05) is 54.4 Å². The standard InChI is InChI=1S/C20H20N2O2S/c1-3-24-20(23)18-19(22(2)14-15-9-5-4-6-10-15)25-17-12-8-7-11-16(17)13-21-18/h4-13H,3,14H2,1-2H3. The summed E-state index contributed by atoms with van der Waals surface area (Å²) in [5, 5.41) is 0.795. The topological polar surface area (TPSA) is 41.9 Å². The van der Waals surface area contributed by atoms with E-state index in [0.717, 1.165) is 15.5 Å². The van der Waals surface area contributed by atoms with E-state index in [1.165, 1.54) is 5.56 Å². The highest BCUT2D eigenvalue weighted by molar-refractivity contribution is 8.03. The van der Waals surface area contributed by atoms with Crippen LogP contribution >= 0.6 is 11.8 Å². The van der Waals surface area contributed by atoms with Gasteiger partial charge in [-0.25, -0.2) is 9.79 Å². The van der Waals surface area contributed by atoms with Crippen molar-refractivity contribution in [3.05, 3.63) is 76.5 Å². The van der Waals surface area contributed by atoms with Gasteiger partial charge in [0, 0.05) is 30.3 Å². The Hall–Kier alpha value is -2.53. The summed E-state index contributed by atoms with van der Waals surface area (Å²) < 4.78 is 5.22. The number of ether oxygens (including phenoxy) is 1. The van der Waals surface area contributed by atoms with Gasteiger partial charge in [0.2, 0.25) is 0 Å². The summed E-state index contributed by atoms with van der Waals surface area (Å²) in [6.45, 7) is 2.81. The molecule has 1 aliphatic rings. The van der Waals surface area contributed by atoms with Crippen LogP contribution in [-0.4, -0.2) is 30.7 Å². The first kappa shape index (κ1) is 17.3. The van der Waals surface area contributed by atoms with Crippen LogP contribution in [0.5, 0.6) is 0 Å². The molecule has 0 bridgehead atoms. The number of benzene rings is 2. The smallest absolute Gasteiger partial charge is 0.359 e. The number of thioether (sulfide) groups is 1. The van der Waals surface area contributed by atoms with Crippen molar-refractivity contribution in [1.82, 2.24) is 4.90 Å². The van der Waals surface area contributed by atoms with Crippen molar-refractivity contribution >= 4 is 23.9 Å². The van der Waals surface area contributed by atoms with Crippen LogP contribution in [-0.2, 0) is 16.1 Å². The van der Waals surface area contributed by atoms with Gasteiger partial charge in [-0.15, -0.1) is 0 Å². The molecule has 0 unspecified atom stereocenters. The maximum absolute atomic E-state index is 12.4. The molecule has 0 amide bonds. The van der Waals surface area contributed by atoms with Crippen molar-refractivity contribution in [3.63, 3.8) is 0 Å². The third kappa shape index (κ3) is 4.12. The van der Waals surface area contributed by atoms with E-state index in [2.05, 4.69) is 17.1 Å². The molecule has 0 atom stereocenters. The van der Waals surface area contributed by atoms with E-state index in [-0.39, 0.29) is 0 Å². The normalized spacial score (nSPS) is 13.2. The van der Waals surface area contributed by atoms with Crippen LogP contribution in [0.2, 0.25) is 0 Å². The number of hydrogen-bond donors (Lipinski definition) is 0. The summed E-state index contributed by atoms with van der Waals surface area (Å²) in [7, 11) is 1.97. The van der Waals surface area contributed by atoms with Crippen molar-refractivity contribution in [1.29, 1.82) is 0 Å². The Labute approximate surface area is 152 Å². The summed E-state index contributed by atoms with van der Waals surface area (Å²) in [4.78, 5) is 20.0. The highest BCUT2D eigenvalue weighted by Crippen LogP contribution is 2.36. The fourth-order valence-corrected chi connectivity index (χ4v) is 3.60. The molecule has 2 aromatic rings. The minimum absolute atomic E-state index is 0.325. The minimum atomic E-state index is -0.394. The molecular weight excluding hydrogens is 332 g/mol. The second-order valence-electron chi connectivity index (χ2n) is 5.61. The van der Waals surface area contributed by atoms with E-state index in [4.69, 9.17) is 4.74 Å². The lowest BCUT2D eigenvalue weighted by molar-refractivity contribution is -0.138. The van der Waals surface area contributed by atoms with Crippen molar-refractivity contribution < 1.29 is 9.53 Å². The molecule has 5 heteroatoms. The van der Waals surface area contributed by atoms with Gasteiger partial charge in [-0.2, -0.15) is 0 Å². The number of hydrogen-bond acceptors (Lipinski definition) is 5. The summed E-state index contributed by atoms with van der Waals surface area (Å²) >= 11 is 1.55. The summed E-state index contributed by atoms with van der Waals surface area (Å²) in [6, 6.07) is 18.1. The number of carbonyl (C=O) groups is 1. The Morgan fingerprint density at radius 1 is 1.12 bits per heavy atom. The van der Waals surface area contributed by atoms with E-state index in [0.29, 0.717) is 18.8 Å². The predicted octanol–water partition coefficient (Wildman–Crippen LogP) is 4.08. The third-order valence-electron chi connectivity index (χ3n) is 3.74. The lowest BCUT2D eigenvalue weighted by atomic mass is 10.2. The first-order valence-corrected chi connectivity index (χ1v) is 8.98. The highest BCUT2D eigenvalue weighted by Gasteiger charge is 2.23. The Balaban J connectivity index is 1.97. The van der Waals surface area contributed by atoms with Crippen LogP contribution in [0.25, 0.3) is 0 Å². The molecule has 0 saturated heterocycles. The summed E-state index contributed by atoms with van der Waals surface area (Å²) in [6.07, 6.45) is 1.73. The lowest BCUT2D eigenvalue weighted by Crippen LogP contribution is -2.20. The first-order chi connectivity index (χ1) is 12.2. The zero-order chi connectivity index (χ0) is 17.6. The third-order valence-corrected chi connectivity index (χ3v) is 5.03. The molecular formula is C20H20N2O2S. The number of fused-ring (bicyclic) bond motifs is 1. The summed E-state index contributed by atoms with van der Waals surface area (Å²) in [5.74, 6) is -0.394. The van der Waals surface area contributed by atoms with Crippen LogP contribution in [0.15, 0.2) is 75.2 Å². The van der Waals surface area contributed by atoms with Crippen LogP contribution in [0.1, 0.15) is 18.1 Å². The van der Waals surface area contributed by atoms with Crippen LogP contribution < -0.4 is 0 Å². The molecule has 0 N–H and O–H groups in total. The zero-order valence-electron chi connectivity index (χ0n) is 14.3. The molecule has 0 spiro atoms. The molecule has 1 heterocycles. The Morgan fingerprint density at radius 2 is 1.84 bits per heavy atom. The van der Waals surface area contributed by atoms with Gasteiger partial charge < -0.3 is 9.64 Å². The van der Waals surface area contributed by atoms with Crippen molar-refractivity contribution in [3.8, 4) is 0 Å². The molecule has 0 saturated carbocycles. The number of nitrogens with zero attached hydrogens (tertiary/aromatic N) is 2. The van der Waals surface area contributed by atoms with Gasteiger partial charge in [0.15, 0.2) is 5.70 Å². The predicted molar refractivity (Wildman–Crippen MR) is 101 cm³/mol. The van der Waals surface area contributed by atoms with Crippen LogP contribution in [0.4, 0.5) is 0 Å². The second kappa shape index (κ2) is 8.03. The summed E-state index contributed by atoms with van der Waals surface area (Å²) in [5.41, 5.74) is 2.52. The fourth-order valence-electron chi connectivity index (χ4n) is 2.55. The maximum atomic E-state index is 12.4. The number of esters is 1. The van der Waals surface area contributed by atoms with Gasteiger partial charge >= 0.3 is 5.97 Å². The fraction of sp³-hybridized carbons (Fsp3) is 0.200.